The molecule has 1 amide bonds. The number of aryl methyl sites for hydroxylation is 1. The van der Waals surface area contributed by atoms with E-state index >= 15 is 0 Å². The number of amides is 1. The molecule has 148 valence electrons. The van der Waals surface area contributed by atoms with Crippen LogP contribution in [0, 0.1) is 6.92 Å². The molecule has 0 fully saturated rings. The van der Waals surface area contributed by atoms with E-state index in [1.54, 1.807) is 24.3 Å². The second-order valence-electron chi connectivity index (χ2n) is 6.61. The Morgan fingerprint density at radius 2 is 1.55 bits per heavy atom. The largest absolute Gasteiger partial charge is 0.348 e. The maximum Gasteiger partial charge on any atom is 0.255 e. The van der Waals surface area contributed by atoms with Gasteiger partial charge in [-0.15, -0.1) is 0 Å². The van der Waals surface area contributed by atoms with E-state index in [0.29, 0.717) is 17.8 Å². The highest BCUT2D eigenvalue weighted by atomic mass is 32.2. The summed E-state index contributed by atoms with van der Waals surface area (Å²) in [6.07, 6.45) is 1.52. The summed E-state index contributed by atoms with van der Waals surface area (Å²) in [5.41, 5.74) is 3.81. The number of anilines is 1. The molecule has 0 saturated carbocycles. The number of rotatable bonds is 7. The first-order valence-electron chi connectivity index (χ1n) is 9.11. The molecule has 5 nitrogen and oxygen atoms in total. The van der Waals surface area contributed by atoms with Crippen LogP contribution in [0.4, 0.5) is 5.69 Å². The Morgan fingerprint density at radius 3 is 2.21 bits per heavy atom. The lowest BCUT2D eigenvalue weighted by Crippen LogP contribution is -2.22. The third kappa shape index (κ3) is 6.33. The highest BCUT2D eigenvalue weighted by Crippen LogP contribution is 2.13. The fraction of sp³-hybridized carbons (Fsp3) is 0.0870. The average molecular weight is 407 g/mol. The molecule has 0 bridgehead atoms. The van der Waals surface area contributed by atoms with E-state index in [1.165, 1.54) is 6.08 Å². The first-order chi connectivity index (χ1) is 13.9. The molecule has 0 aromatic heterocycles. The van der Waals surface area contributed by atoms with E-state index in [-0.39, 0.29) is 5.91 Å². The number of nitrogens with one attached hydrogen (secondary N) is 2. The van der Waals surface area contributed by atoms with Crippen LogP contribution in [0.15, 0.2) is 84.3 Å². The van der Waals surface area contributed by atoms with E-state index in [9.17, 15) is 13.2 Å². The summed E-state index contributed by atoms with van der Waals surface area (Å²) in [5.74, 6) is -0.219. The van der Waals surface area contributed by atoms with E-state index < -0.39 is 10.0 Å². The van der Waals surface area contributed by atoms with Crippen LogP contribution in [0.1, 0.15) is 27.0 Å². The molecule has 0 spiro atoms. The van der Waals surface area contributed by atoms with Crippen LogP contribution in [0.2, 0.25) is 0 Å². The molecule has 3 aromatic rings. The number of hydrogen-bond donors (Lipinski definition) is 2. The molecule has 6 heteroatoms. The molecule has 0 aliphatic rings. The fourth-order valence-electron chi connectivity index (χ4n) is 2.61. The monoisotopic (exact) mass is 406 g/mol. The lowest BCUT2D eigenvalue weighted by Gasteiger charge is -2.08. The Balaban J connectivity index is 1.58. The van der Waals surface area contributed by atoms with E-state index in [4.69, 9.17) is 0 Å². The summed E-state index contributed by atoms with van der Waals surface area (Å²) < 4.78 is 26.9. The highest BCUT2D eigenvalue weighted by molar-refractivity contribution is 7.95. The standard InChI is InChI=1S/C23H22N2O3S/c1-18-7-9-20(10-8-18)17-24-23(26)21-11-13-22(14-12-21)25-29(27,28)16-15-19-5-3-2-4-6-19/h2-16,25H,17H2,1H3,(H,24,26)/b16-15+. The molecule has 0 saturated heterocycles. The van der Waals surface area contributed by atoms with Gasteiger partial charge in [0.2, 0.25) is 0 Å². The number of hydrogen-bond acceptors (Lipinski definition) is 3. The van der Waals surface area contributed by atoms with Gasteiger partial charge in [-0.1, -0.05) is 60.2 Å². The van der Waals surface area contributed by atoms with E-state index in [1.807, 2.05) is 61.5 Å². The summed E-state index contributed by atoms with van der Waals surface area (Å²) in [6, 6.07) is 23.4. The zero-order valence-corrected chi connectivity index (χ0v) is 16.8. The van der Waals surface area contributed by atoms with Gasteiger partial charge in [-0.2, -0.15) is 0 Å². The fourth-order valence-corrected chi connectivity index (χ4v) is 3.48. The van der Waals surface area contributed by atoms with Crippen molar-refractivity contribution in [3.63, 3.8) is 0 Å². The molecule has 29 heavy (non-hydrogen) atoms. The summed E-state index contributed by atoms with van der Waals surface area (Å²) in [6.45, 7) is 2.44. The third-order valence-electron chi connectivity index (χ3n) is 4.22. The Labute approximate surface area is 171 Å². The number of sulfonamides is 1. The molecule has 3 aromatic carbocycles. The first kappa shape index (κ1) is 20.4. The third-order valence-corrected chi connectivity index (χ3v) is 5.23. The Morgan fingerprint density at radius 1 is 0.897 bits per heavy atom. The SMILES string of the molecule is Cc1ccc(CNC(=O)c2ccc(NS(=O)(=O)/C=C/c3ccccc3)cc2)cc1. The predicted octanol–water partition coefficient (Wildman–Crippen LogP) is 4.34. The minimum Gasteiger partial charge on any atom is -0.348 e. The van der Waals surface area contributed by atoms with E-state index in [2.05, 4.69) is 10.0 Å². The van der Waals surface area contributed by atoms with Gasteiger partial charge in [0, 0.05) is 17.8 Å². The number of benzene rings is 3. The topological polar surface area (TPSA) is 75.3 Å². The molecule has 0 aliphatic heterocycles. The Hall–Kier alpha value is -3.38. The van der Waals surface area contributed by atoms with Crippen LogP contribution in [-0.2, 0) is 16.6 Å². The van der Waals surface area contributed by atoms with Gasteiger partial charge in [0.05, 0.1) is 5.41 Å². The van der Waals surface area contributed by atoms with Gasteiger partial charge in [-0.05, 0) is 48.4 Å². The zero-order valence-electron chi connectivity index (χ0n) is 16.0. The average Bonchev–Trinajstić information content (AvgIpc) is 2.73. The van der Waals surface area contributed by atoms with Crippen molar-refractivity contribution in [1.29, 1.82) is 0 Å². The van der Waals surface area contributed by atoms with Gasteiger partial charge in [0.1, 0.15) is 0 Å². The molecule has 3 rings (SSSR count). The first-order valence-corrected chi connectivity index (χ1v) is 10.7. The molecule has 0 aliphatic carbocycles. The molecular weight excluding hydrogens is 384 g/mol. The van der Waals surface area contributed by atoms with Crippen LogP contribution < -0.4 is 10.0 Å². The van der Waals surface area contributed by atoms with Crippen LogP contribution >= 0.6 is 0 Å². The highest BCUT2D eigenvalue weighted by Gasteiger charge is 2.08. The maximum absolute atomic E-state index is 12.3. The van der Waals surface area contributed by atoms with Crippen molar-refractivity contribution in [2.45, 2.75) is 13.5 Å². The maximum atomic E-state index is 12.3. The van der Waals surface area contributed by atoms with Gasteiger partial charge < -0.3 is 5.32 Å². The van der Waals surface area contributed by atoms with Gasteiger partial charge in [0.25, 0.3) is 15.9 Å². The van der Waals surface area contributed by atoms with Gasteiger partial charge in [0.15, 0.2) is 0 Å². The minimum atomic E-state index is -3.65. The van der Waals surface area contributed by atoms with Gasteiger partial charge in [-0.3, -0.25) is 9.52 Å². The minimum absolute atomic E-state index is 0.219. The second-order valence-corrected chi connectivity index (χ2v) is 8.17. The molecule has 2 N–H and O–H groups in total. The van der Waals surface area contributed by atoms with Crippen LogP contribution in [0.5, 0.6) is 0 Å². The van der Waals surface area contributed by atoms with Crippen LogP contribution in [0.3, 0.4) is 0 Å². The van der Waals surface area contributed by atoms with Crippen molar-refractivity contribution in [3.05, 3.63) is 107 Å². The van der Waals surface area contributed by atoms with Crippen molar-refractivity contribution in [2.75, 3.05) is 4.72 Å². The Bertz CT molecular complexity index is 1090. The molecular formula is C23H22N2O3S. The molecule has 0 heterocycles. The molecule has 0 unspecified atom stereocenters. The van der Waals surface area contributed by atoms with Crippen molar-refractivity contribution in [1.82, 2.24) is 5.32 Å². The lowest BCUT2D eigenvalue weighted by molar-refractivity contribution is 0.0951. The van der Waals surface area contributed by atoms with E-state index in [0.717, 1.165) is 22.1 Å². The zero-order chi connectivity index (χ0) is 20.7. The van der Waals surface area contributed by atoms with Crippen LogP contribution in [-0.4, -0.2) is 14.3 Å². The normalized spacial score (nSPS) is 11.3. The smallest absolute Gasteiger partial charge is 0.255 e. The quantitative estimate of drug-likeness (QED) is 0.613. The lowest BCUT2D eigenvalue weighted by atomic mass is 10.1. The van der Waals surface area contributed by atoms with Crippen molar-refractivity contribution in [2.24, 2.45) is 0 Å². The second kappa shape index (κ2) is 9.21. The summed E-state index contributed by atoms with van der Waals surface area (Å²) in [7, 11) is -3.65. The van der Waals surface area contributed by atoms with Crippen molar-refractivity contribution >= 4 is 27.7 Å². The van der Waals surface area contributed by atoms with Crippen molar-refractivity contribution < 1.29 is 13.2 Å². The van der Waals surface area contributed by atoms with Gasteiger partial charge >= 0.3 is 0 Å². The number of carbonyl (C=O) groups is 1. The summed E-state index contributed by atoms with van der Waals surface area (Å²) in [5, 5.41) is 3.97. The van der Waals surface area contributed by atoms with Crippen molar-refractivity contribution in [3.8, 4) is 0 Å². The summed E-state index contributed by atoms with van der Waals surface area (Å²) >= 11 is 0. The number of carbonyl (C=O) groups excluding carboxylic acids is 1. The predicted molar refractivity (Wildman–Crippen MR) is 117 cm³/mol. The van der Waals surface area contributed by atoms with Crippen LogP contribution in [0.25, 0.3) is 6.08 Å². The molecule has 0 atom stereocenters. The summed E-state index contributed by atoms with van der Waals surface area (Å²) in [4.78, 5) is 12.3. The Kier molecular flexibility index (Phi) is 6.46. The van der Waals surface area contributed by atoms with Gasteiger partial charge in [-0.25, -0.2) is 8.42 Å². The molecule has 0 radical (unpaired) electrons.